The third-order valence-corrected chi connectivity index (χ3v) is 0. The van der Waals surface area contributed by atoms with Crippen LogP contribution in [0.1, 0.15) is 0 Å². The molecule has 0 aromatic heterocycles. The second kappa shape index (κ2) is 84.2. The van der Waals surface area contributed by atoms with Crippen LogP contribution in [0.25, 0.3) is 0 Å². The zero-order valence-electron chi connectivity index (χ0n) is 2.67. The first-order chi connectivity index (χ1) is 0. The maximum absolute atomic E-state index is 0. The average Bonchev–Trinajstić information content (AvgIpc) is 0. The zero-order valence-corrected chi connectivity index (χ0v) is 6.73. The summed E-state index contributed by atoms with van der Waals surface area (Å²) in [6.07, 6.45) is 0. The summed E-state index contributed by atoms with van der Waals surface area (Å²) < 4.78 is 0. The monoisotopic (exact) mass is 416 g/mol. The number of hydrogen-bond acceptors (Lipinski definition) is 0. The van der Waals surface area contributed by atoms with E-state index in [9.17, 15) is 0 Å². The maximum atomic E-state index is 0. The van der Waals surface area contributed by atoms with Gasteiger partial charge in [-0.15, -0.1) is 0 Å². The molecule has 0 heterocycles. The van der Waals surface area contributed by atoms with Crippen molar-refractivity contribution in [1.82, 2.24) is 0 Å². The molecule has 0 aliphatic rings. The van der Waals surface area contributed by atoms with E-state index >= 15 is 0 Å². The van der Waals surface area contributed by atoms with Crippen molar-refractivity contribution in [2.24, 2.45) is 0 Å². The fourth-order valence-electron chi connectivity index (χ4n) is 0. The van der Waals surface area contributed by atoms with Gasteiger partial charge in [0, 0.05) is 0 Å². The summed E-state index contributed by atoms with van der Waals surface area (Å²) >= 11 is 0. The van der Waals surface area contributed by atoms with Crippen LogP contribution in [0.5, 0.6) is 0 Å². The molecule has 7 heteroatoms. The van der Waals surface area contributed by atoms with Gasteiger partial charge in [0.1, 0.15) is 0 Å². The molecule has 0 N–H and O–H groups in total. The van der Waals surface area contributed by atoms with E-state index in [0.29, 0.717) is 0 Å². The van der Waals surface area contributed by atoms with E-state index in [-0.39, 0.29) is 102 Å². The first kappa shape index (κ1) is 122. The third kappa shape index (κ3) is 62.7. The molecule has 0 aromatic carbocycles. The van der Waals surface area contributed by atoms with Gasteiger partial charge in [0.2, 0.25) is 0 Å². The Hall–Kier alpha value is 2.29. The largest absolute Gasteiger partial charge is 3.00 e. The predicted octanol–water partition coefficient (Wildman–Crippen LogP) is -0.0514. The van der Waals surface area contributed by atoms with Crippen molar-refractivity contribution in [1.29, 1.82) is 0 Å². The molecule has 2 radical (unpaired) electrons. The topological polar surface area (TPSA) is 85.5 Å². The van der Waals surface area contributed by atoms with Gasteiger partial charge in [-0.25, -0.2) is 0 Å². The minimum absolute atomic E-state index is 0. The Bertz CT molecular complexity index is 10.9. The van der Waals surface area contributed by atoms with Crippen molar-refractivity contribution in [3.8, 4) is 0 Å². The van der Waals surface area contributed by atoms with Crippen LogP contribution in [0, 0.1) is 76.3 Å². The summed E-state index contributed by atoms with van der Waals surface area (Å²) in [5, 5.41) is 0. The van der Waals surface area contributed by atoms with E-state index in [1.165, 1.54) is 0 Å². The molecule has 0 unspecified atom stereocenters. The molecule has 7 heavy (non-hydrogen) atoms. The molecule has 0 saturated carbocycles. The molecule has 0 aromatic rings. The molecule has 0 rings (SSSR count). The van der Waals surface area contributed by atoms with Crippen LogP contribution in [0.3, 0.4) is 0 Å². The zero-order chi connectivity index (χ0) is 0. The van der Waals surface area contributed by atoms with Crippen molar-refractivity contribution in [2.75, 3.05) is 0 Å². The molecular formula is H2Dy2F2O3. The molecular weight excluding hydrogens is 411 g/mol. The van der Waals surface area contributed by atoms with Gasteiger partial charge in [-0.1, -0.05) is 0 Å². The SMILES string of the molecule is F.F.[Dy+3].[Dy+3].[O-2].[O-2].[O-2]. The predicted molar refractivity (Wildman–Crippen MR) is 7.07 cm³/mol. The second-order valence-electron chi connectivity index (χ2n) is 0. The Morgan fingerprint density at radius 3 is 0.429 bits per heavy atom. The first-order valence-corrected chi connectivity index (χ1v) is 0. The van der Waals surface area contributed by atoms with Crippen molar-refractivity contribution in [3.63, 3.8) is 0 Å². The van der Waals surface area contributed by atoms with E-state index < -0.39 is 0 Å². The molecule has 0 atom stereocenters. The molecule has 3 nitrogen and oxygen atoms in total. The summed E-state index contributed by atoms with van der Waals surface area (Å²) in [6, 6.07) is 0. The first-order valence-electron chi connectivity index (χ1n) is 0. The Balaban J connectivity index is 0. The Kier molecular flexibility index (Phi) is 1470. The van der Waals surface area contributed by atoms with E-state index in [1.54, 1.807) is 0 Å². The van der Waals surface area contributed by atoms with Gasteiger partial charge in [0.05, 0.1) is 0 Å². The molecule has 0 amide bonds. The van der Waals surface area contributed by atoms with E-state index in [4.69, 9.17) is 0 Å². The van der Waals surface area contributed by atoms with E-state index in [2.05, 4.69) is 0 Å². The summed E-state index contributed by atoms with van der Waals surface area (Å²) in [4.78, 5) is 0. The fraction of sp³-hybridized carbons (Fsp3) is 0. The minimum Gasteiger partial charge on any atom is -2.00 e. The van der Waals surface area contributed by atoms with Crippen LogP contribution < -0.4 is 0 Å². The molecule has 0 saturated heterocycles. The van der Waals surface area contributed by atoms with Gasteiger partial charge in [0.25, 0.3) is 0 Å². The Labute approximate surface area is 100 Å². The Morgan fingerprint density at radius 2 is 0.429 bits per heavy atom. The van der Waals surface area contributed by atoms with Crippen LogP contribution in [-0.2, 0) is 16.4 Å². The normalized spacial score (nSPS) is 0. The molecule has 0 aliphatic heterocycles. The average molecular weight is 413 g/mol. The number of hydrogen-bond donors (Lipinski definition) is 0. The summed E-state index contributed by atoms with van der Waals surface area (Å²) in [6.45, 7) is 0. The third-order valence-electron chi connectivity index (χ3n) is 0. The summed E-state index contributed by atoms with van der Waals surface area (Å²) in [5.41, 5.74) is 0. The Morgan fingerprint density at radius 1 is 0.429 bits per heavy atom. The molecule has 54 valence electrons. The van der Waals surface area contributed by atoms with Crippen LogP contribution >= 0.6 is 0 Å². The summed E-state index contributed by atoms with van der Waals surface area (Å²) in [5.74, 6) is 0. The minimum atomic E-state index is 0. The second-order valence-corrected chi connectivity index (χ2v) is 0. The molecule has 0 fully saturated rings. The summed E-state index contributed by atoms with van der Waals surface area (Å²) in [7, 11) is 0. The van der Waals surface area contributed by atoms with Crippen molar-refractivity contribution in [2.45, 2.75) is 0 Å². The molecule has 0 spiro atoms. The van der Waals surface area contributed by atoms with Crippen LogP contribution in [0.2, 0.25) is 0 Å². The van der Waals surface area contributed by atoms with Crippen LogP contribution in [0.4, 0.5) is 9.41 Å². The van der Waals surface area contributed by atoms with Gasteiger partial charge in [-0.3, -0.25) is 9.41 Å². The van der Waals surface area contributed by atoms with Crippen molar-refractivity contribution in [3.05, 3.63) is 0 Å². The van der Waals surface area contributed by atoms with Gasteiger partial charge < -0.3 is 16.4 Å². The van der Waals surface area contributed by atoms with Gasteiger partial charge in [-0.05, 0) is 0 Å². The fourth-order valence-corrected chi connectivity index (χ4v) is 0. The van der Waals surface area contributed by atoms with E-state index in [0.717, 1.165) is 0 Å². The number of rotatable bonds is 0. The van der Waals surface area contributed by atoms with Gasteiger partial charge in [0.15, 0.2) is 0 Å². The standard InChI is InChI=1S/2Dy.2FH.3O/h;;2*1H;;;/q2*+3;;;3*-2. The maximum Gasteiger partial charge on any atom is 3.00 e. The molecule has 0 bridgehead atoms. The smallest absolute Gasteiger partial charge is 2.00 e. The van der Waals surface area contributed by atoms with Crippen molar-refractivity contribution >= 4 is 0 Å². The van der Waals surface area contributed by atoms with E-state index in [1.807, 2.05) is 0 Å². The van der Waals surface area contributed by atoms with Crippen LogP contribution in [0.15, 0.2) is 0 Å². The quantitative estimate of drug-likeness (QED) is 0.534. The van der Waals surface area contributed by atoms with Crippen molar-refractivity contribution < 1.29 is 102 Å². The molecule has 0 aliphatic carbocycles. The van der Waals surface area contributed by atoms with Gasteiger partial charge in [-0.2, -0.15) is 0 Å². The van der Waals surface area contributed by atoms with Crippen LogP contribution in [-0.4, -0.2) is 0 Å². The van der Waals surface area contributed by atoms with Gasteiger partial charge >= 0.3 is 76.3 Å². The number of halogens is 2.